The SMILES string of the molecule is C[C@@H](Sc1ncc(-c2ccccc2)n1C[C@H]1CCCO1)c1nc2ccccc2c(=O)[nH]1. The maximum absolute atomic E-state index is 12.5. The van der Waals surface area contributed by atoms with Crippen LogP contribution in [0.25, 0.3) is 22.2 Å². The number of hydrogen-bond acceptors (Lipinski definition) is 5. The van der Waals surface area contributed by atoms with Gasteiger partial charge in [-0.05, 0) is 37.5 Å². The highest BCUT2D eigenvalue weighted by atomic mass is 32.2. The van der Waals surface area contributed by atoms with Gasteiger partial charge in [-0.15, -0.1) is 0 Å². The van der Waals surface area contributed by atoms with Crippen LogP contribution in [0.5, 0.6) is 0 Å². The Kier molecular flexibility index (Phi) is 5.61. The van der Waals surface area contributed by atoms with Crippen molar-refractivity contribution in [2.24, 2.45) is 0 Å². The molecule has 0 bridgehead atoms. The smallest absolute Gasteiger partial charge is 0.258 e. The van der Waals surface area contributed by atoms with Crippen molar-refractivity contribution in [3.63, 3.8) is 0 Å². The lowest BCUT2D eigenvalue weighted by Gasteiger charge is -2.17. The van der Waals surface area contributed by atoms with Gasteiger partial charge in [-0.2, -0.15) is 0 Å². The normalized spacial score (nSPS) is 17.3. The summed E-state index contributed by atoms with van der Waals surface area (Å²) in [7, 11) is 0. The Balaban J connectivity index is 1.48. The number of nitrogens with zero attached hydrogens (tertiary/aromatic N) is 3. The number of para-hydroxylation sites is 1. The van der Waals surface area contributed by atoms with E-state index in [4.69, 9.17) is 14.7 Å². The highest BCUT2D eigenvalue weighted by molar-refractivity contribution is 7.99. The number of nitrogens with one attached hydrogen (secondary N) is 1. The van der Waals surface area contributed by atoms with Crippen molar-refractivity contribution >= 4 is 22.7 Å². The van der Waals surface area contributed by atoms with Gasteiger partial charge in [0, 0.05) is 6.61 Å². The topological polar surface area (TPSA) is 72.8 Å². The average Bonchev–Trinajstić information content (AvgIpc) is 3.45. The highest BCUT2D eigenvalue weighted by Gasteiger charge is 2.23. The Labute approximate surface area is 184 Å². The summed E-state index contributed by atoms with van der Waals surface area (Å²) in [5.41, 5.74) is 2.80. The molecule has 5 rings (SSSR count). The van der Waals surface area contributed by atoms with E-state index in [0.717, 1.165) is 42.4 Å². The number of benzene rings is 2. The van der Waals surface area contributed by atoms with Crippen LogP contribution in [-0.2, 0) is 11.3 Å². The van der Waals surface area contributed by atoms with Gasteiger partial charge in [0.05, 0.1) is 40.7 Å². The number of thioether (sulfide) groups is 1. The van der Waals surface area contributed by atoms with Crippen LogP contribution < -0.4 is 5.56 Å². The first kappa shape index (κ1) is 20.0. The van der Waals surface area contributed by atoms with Crippen molar-refractivity contribution in [3.8, 4) is 11.3 Å². The van der Waals surface area contributed by atoms with Crippen LogP contribution in [0.15, 0.2) is 70.7 Å². The van der Waals surface area contributed by atoms with E-state index < -0.39 is 0 Å². The molecule has 1 fully saturated rings. The zero-order valence-corrected chi connectivity index (χ0v) is 18.1. The van der Waals surface area contributed by atoms with Gasteiger partial charge >= 0.3 is 0 Å². The molecule has 7 heteroatoms. The zero-order valence-electron chi connectivity index (χ0n) is 17.3. The molecule has 0 amide bonds. The number of H-pyrrole nitrogens is 1. The van der Waals surface area contributed by atoms with E-state index in [1.165, 1.54) is 0 Å². The summed E-state index contributed by atoms with van der Waals surface area (Å²) in [4.78, 5) is 24.9. The van der Waals surface area contributed by atoms with E-state index >= 15 is 0 Å². The molecule has 0 radical (unpaired) electrons. The van der Waals surface area contributed by atoms with Crippen LogP contribution in [0.4, 0.5) is 0 Å². The first-order valence-electron chi connectivity index (χ1n) is 10.6. The summed E-state index contributed by atoms with van der Waals surface area (Å²) >= 11 is 1.60. The quantitative estimate of drug-likeness (QED) is 0.442. The molecule has 1 aliphatic rings. The lowest BCUT2D eigenvalue weighted by Crippen LogP contribution is -2.17. The Morgan fingerprint density at radius 3 is 2.81 bits per heavy atom. The zero-order chi connectivity index (χ0) is 21.2. The highest BCUT2D eigenvalue weighted by Crippen LogP contribution is 2.35. The van der Waals surface area contributed by atoms with Gasteiger partial charge < -0.3 is 14.3 Å². The molecule has 0 unspecified atom stereocenters. The van der Waals surface area contributed by atoms with E-state index in [-0.39, 0.29) is 16.9 Å². The number of ether oxygens (including phenoxy) is 1. The Bertz CT molecular complexity index is 1250. The van der Waals surface area contributed by atoms with Gasteiger partial charge in [-0.25, -0.2) is 9.97 Å². The summed E-state index contributed by atoms with van der Waals surface area (Å²) in [6.07, 6.45) is 4.28. The molecule has 3 heterocycles. The van der Waals surface area contributed by atoms with E-state index in [2.05, 4.69) is 21.7 Å². The minimum Gasteiger partial charge on any atom is -0.376 e. The standard InChI is InChI=1S/C24H24N4O2S/c1-16(22-26-20-12-6-5-11-19(20)23(29)27-22)31-24-25-14-21(17-8-3-2-4-9-17)28(24)15-18-10-7-13-30-18/h2-6,8-9,11-12,14,16,18H,7,10,13,15H2,1H3,(H,26,27,29)/t16-,18-/m1/s1. The number of hydrogen-bond donors (Lipinski definition) is 1. The third kappa shape index (κ3) is 4.16. The second-order valence-corrected chi connectivity index (χ2v) is 9.07. The predicted octanol–water partition coefficient (Wildman–Crippen LogP) is 4.82. The van der Waals surface area contributed by atoms with Gasteiger partial charge in [0.25, 0.3) is 5.56 Å². The molecule has 6 nitrogen and oxygen atoms in total. The number of fused-ring (bicyclic) bond motifs is 1. The van der Waals surface area contributed by atoms with Crippen molar-refractivity contribution in [3.05, 3.63) is 77.0 Å². The fourth-order valence-electron chi connectivity index (χ4n) is 3.97. The molecule has 0 spiro atoms. The lowest BCUT2D eigenvalue weighted by atomic mass is 10.1. The van der Waals surface area contributed by atoms with Crippen molar-refractivity contribution in [1.29, 1.82) is 0 Å². The summed E-state index contributed by atoms with van der Waals surface area (Å²) < 4.78 is 8.15. The minimum absolute atomic E-state index is 0.0634. The molecule has 0 saturated carbocycles. The fraction of sp³-hybridized carbons (Fsp3) is 0.292. The Hall–Kier alpha value is -2.90. The molecule has 1 aliphatic heterocycles. The number of aromatic amines is 1. The third-order valence-corrected chi connectivity index (χ3v) is 6.71. The van der Waals surface area contributed by atoms with Gasteiger partial charge in [0.2, 0.25) is 0 Å². The maximum atomic E-state index is 12.5. The van der Waals surface area contributed by atoms with Gasteiger partial charge in [-0.1, -0.05) is 54.2 Å². The number of aromatic nitrogens is 4. The predicted molar refractivity (Wildman–Crippen MR) is 123 cm³/mol. The van der Waals surface area contributed by atoms with Crippen LogP contribution in [0.1, 0.15) is 30.8 Å². The minimum atomic E-state index is -0.110. The second kappa shape index (κ2) is 8.69. The molecule has 4 aromatic rings. The van der Waals surface area contributed by atoms with Crippen molar-refractivity contribution < 1.29 is 4.74 Å². The molecule has 1 saturated heterocycles. The van der Waals surface area contributed by atoms with Crippen molar-refractivity contribution in [2.75, 3.05) is 6.61 Å². The van der Waals surface area contributed by atoms with Crippen molar-refractivity contribution in [2.45, 2.75) is 42.8 Å². The second-order valence-electron chi connectivity index (χ2n) is 7.77. The van der Waals surface area contributed by atoms with E-state index in [1.807, 2.05) is 49.5 Å². The first-order chi connectivity index (χ1) is 15.2. The fourth-order valence-corrected chi connectivity index (χ4v) is 4.92. The number of rotatable bonds is 6. The Morgan fingerprint density at radius 2 is 2.00 bits per heavy atom. The summed E-state index contributed by atoms with van der Waals surface area (Å²) in [6, 6.07) is 17.7. The molecule has 31 heavy (non-hydrogen) atoms. The summed E-state index contributed by atoms with van der Waals surface area (Å²) in [6.45, 7) is 3.63. The Morgan fingerprint density at radius 1 is 1.19 bits per heavy atom. The van der Waals surface area contributed by atoms with Gasteiger partial charge in [-0.3, -0.25) is 4.79 Å². The van der Waals surface area contributed by atoms with Crippen LogP contribution in [-0.4, -0.2) is 32.2 Å². The van der Waals surface area contributed by atoms with E-state index in [1.54, 1.807) is 17.8 Å². The maximum Gasteiger partial charge on any atom is 0.258 e. The summed E-state index contributed by atoms with van der Waals surface area (Å²) in [5, 5.41) is 1.44. The monoisotopic (exact) mass is 432 g/mol. The molecule has 158 valence electrons. The van der Waals surface area contributed by atoms with Crippen LogP contribution in [0.3, 0.4) is 0 Å². The van der Waals surface area contributed by atoms with Gasteiger partial charge in [0.1, 0.15) is 5.82 Å². The molecular formula is C24H24N4O2S. The molecule has 2 aromatic heterocycles. The molecule has 2 aromatic carbocycles. The average molecular weight is 433 g/mol. The molecule has 0 aliphatic carbocycles. The van der Waals surface area contributed by atoms with Crippen LogP contribution in [0.2, 0.25) is 0 Å². The van der Waals surface area contributed by atoms with Crippen molar-refractivity contribution in [1.82, 2.24) is 19.5 Å². The molecule has 2 atom stereocenters. The first-order valence-corrected chi connectivity index (χ1v) is 11.4. The van der Waals surface area contributed by atoms with Crippen LogP contribution in [0, 0.1) is 0 Å². The van der Waals surface area contributed by atoms with E-state index in [0.29, 0.717) is 16.7 Å². The molecule has 1 N–H and O–H groups in total. The number of imidazole rings is 1. The van der Waals surface area contributed by atoms with Gasteiger partial charge in [0.15, 0.2) is 5.16 Å². The third-order valence-electron chi connectivity index (χ3n) is 5.60. The van der Waals surface area contributed by atoms with E-state index in [9.17, 15) is 4.79 Å². The molecular weight excluding hydrogens is 408 g/mol. The lowest BCUT2D eigenvalue weighted by molar-refractivity contribution is 0.0953. The summed E-state index contributed by atoms with van der Waals surface area (Å²) in [5.74, 6) is 0.654. The van der Waals surface area contributed by atoms with Crippen LogP contribution >= 0.6 is 11.8 Å². The largest absolute Gasteiger partial charge is 0.376 e.